The molecule has 2 unspecified atom stereocenters. The first-order valence-electron chi connectivity index (χ1n) is 9.09. The van der Waals surface area contributed by atoms with Crippen molar-refractivity contribution in [2.24, 2.45) is 5.73 Å². The average molecular weight is 424 g/mol. The van der Waals surface area contributed by atoms with Crippen LogP contribution in [0.25, 0.3) is 0 Å². The zero-order valence-electron chi connectivity index (χ0n) is 15.7. The monoisotopic (exact) mass is 423 g/mol. The predicted molar refractivity (Wildman–Crippen MR) is 112 cm³/mol. The highest BCUT2D eigenvalue weighted by molar-refractivity contribution is 7.89. The van der Waals surface area contributed by atoms with Gasteiger partial charge in [0.25, 0.3) is 5.91 Å². The maximum Gasteiger partial charge on any atom is 0.253 e. The second kappa shape index (κ2) is 9.52. The highest BCUT2D eigenvalue weighted by atomic mass is 35.5. The van der Waals surface area contributed by atoms with Crippen LogP contribution < -0.4 is 10.5 Å². The van der Waals surface area contributed by atoms with Gasteiger partial charge in [-0.1, -0.05) is 36.4 Å². The highest BCUT2D eigenvalue weighted by Crippen LogP contribution is 2.19. The van der Waals surface area contributed by atoms with Crippen LogP contribution >= 0.6 is 12.4 Å². The maximum atomic E-state index is 12.8. The average Bonchev–Trinajstić information content (AvgIpc) is 2.68. The Labute approximate surface area is 172 Å². The van der Waals surface area contributed by atoms with Crippen molar-refractivity contribution >= 4 is 28.3 Å². The van der Waals surface area contributed by atoms with Crippen LogP contribution in [0.4, 0.5) is 0 Å². The summed E-state index contributed by atoms with van der Waals surface area (Å²) in [6, 6.07) is 15.1. The Morgan fingerprint density at radius 1 is 1.18 bits per heavy atom. The van der Waals surface area contributed by atoms with Crippen LogP contribution in [0.2, 0.25) is 0 Å². The molecule has 28 heavy (non-hydrogen) atoms. The Hall–Kier alpha value is -1.93. The van der Waals surface area contributed by atoms with Gasteiger partial charge in [0.15, 0.2) is 0 Å². The first-order chi connectivity index (χ1) is 12.9. The molecule has 3 N–H and O–H groups in total. The van der Waals surface area contributed by atoms with Crippen LogP contribution in [0.5, 0.6) is 0 Å². The topological polar surface area (TPSA) is 92.5 Å². The molecule has 2 atom stereocenters. The fourth-order valence-corrected chi connectivity index (χ4v) is 4.56. The summed E-state index contributed by atoms with van der Waals surface area (Å²) in [7, 11) is -3.75. The van der Waals surface area contributed by atoms with Gasteiger partial charge in [-0.3, -0.25) is 4.79 Å². The lowest BCUT2D eigenvalue weighted by Gasteiger charge is -2.30. The number of amides is 1. The summed E-state index contributed by atoms with van der Waals surface area (Å²) in [5.41, 5.74) is 7.18. The van der Waals surface area contributed by atoms with E-state index in [1.165, 1.54) is 12.1 Å². The van der Waals surface area contributed by atoms with Crippen LogP contribution in [0, 0.1) is 0 Å². The van der Waals surface area contributed by atoms with Gasteiger partial charge in [0.1, 0.15) is 0 Å². The minimum absolute atomic E-state index is 0. The molecule has 1 amide bonds. The van der Waals surface area contributed by atoms with Crippen molar-refractivity contribution < 1.29 is 13.2 Å². The first-order valence-corrected chi connectivity index (χ1v) is 10.6. The molecule has 1 saturated heterocycles. The number of likely N-dealkylation sites (tertiary alicyclic amines) is 1. The van der Waals surface area contributed by atoms with Gasteiger partial charge in [0.05, 0.1) is 4.90 Å². The molecule has 0 saturated carbocycles. The van der Waals surface area contributed by atoms with E-state index in [1.54, 1.807) is 24.0 Å². The molecular formula is C20H26ClN3O3S. The molecular weight excluding hydrogens is 398 g/mol. The molecule has 3 rings (SSSR count). The number of piperidine rings is 1. The third-order valence-electron chi connectivity index (χ3n) is 4.77. The van der Waals surface area contributed by atoms with Gasteiger partial charge in [-0.15, -0.1) is 12.4 Å². The molecule has 8 heteroatoms. The van der Waals surface area contributed by atoms with Crippen LogP contribution in [0.3, 0.4) is 0 Å². The van der Waals surface area contributed by atoms with E-state index < -0.39 is 10.0 Å². The van der Waals surface area contributed by atoms with E-state index in [9.17, 15) is 13.2 Å². The molecule has 1 aliphatic rings. The van der Waals surface area contributed by atoms with Crippen molar-refractivity contribution in [2.45, 2.75) is 36.7 Å². The molecule has 0 aliphatic carbocycles. The van der Waals surface area contributed by atoms with Crippen molar-refractivity contribution in [3.63, 3.8) is 0 Å². The fraction of sp³-hybridized carbons (Fsp3) is 0.350. The summed E-state index contributed by atoms with van der Waals surface area (Å²) in [6.45, 7) is 2.93. The smallest absolute Gasteiger partial charge is 0.253 e. The zero-order chi connectivity index (χ0) is 19.4. The Kier molecular flexibility index (Phi) is 7.60. The molecule has 0 radical (unpaired) electrons. The summed E-state index contributed by atoms with van der Waals surface area (Å²) in [4.78, 5) is 14.5. The Balaban J connectivity index is 0.00000280. The molecule has 0 aromatic heterocycles. The number of nitrogens with zero attached hydrogens (tertiary/aromatic N) is 1. The lowest BCUT2D eigenvalue weighted by molar-refractivity contribution is 0.0708. The molecule has 0 spiro atoms. The molecule has 1 aliphatic heterocycles. The Bertz CT molecular complexity index is 906. The molecule has 2 aromatic rings. The summed E-state index contributed by atoms with van der Waals surface area (Å²) in [5, 5.41) is 0. The van der Waals surface area contributed by atoms with Gasteiger partial charge in [0, 0.05) is 30.7 Å². The second-order valence-corrected chi connectivity index (χ2v) is 8.65. The van der Waals surface area contributed by atoms with Gasteiger partial charge in [-0.2, -0.15) is 0 Å². The number of nitrogens with two attached hydrogens (primary N) is 1. The summed E-state index contributed by atoms with van der Waals surface area (Å²) in [6.07, 6.45) is 1.76. The number of rotatable bonds is 5. The molecule has 0 bridgehead atoms. The lowest BCUT2D eigenvalue weighted by atomic mass is 10.1. The van der Waals surface area contributed by atoms with Crippen molar-refractivity contribution in [2.75, 3.05) is 13.1 Å². The number of carbonyl (C=O) groups is 1. The quantitative estimate of drug-likeness (QED) is 0.773. The summed E-state index contributed by atoms with van der Waals surface area (Å²) < 4.78 is 28.2. The van der Waals surface area contributed by atoms with E-state index >= 15 is 0 Å². The molecule has 1 fully saturated rings. The van der Waals surface area contributed by atoms with Gasteiger partial charge in [-0.05, 0) is 43.5 Å². The van der Waals surface area contributed by atoms with Crippen molar-refractivity contribution in [1.82, 2.24) is 9.62 Å². The number of halogens is 1. The normalized spacial score (nSPS) is 18.2. The number of benzene rings is 2. The van der Waals surface area contributed by atoms with Gasteiger partial charge in [-0.25, -0.2) is 13.1 Å². The van der Waals surface area contributed by atoms with Crippen LogP contribution in [0.15, 0.2) is 59.5 Å². The number of nitrogens with one attached hydrogen (secondary N) is 1. The molecule has 152 valence electrons. The largest absolute Gasteiger partial charge is 0.337 e. The first kappa shape index (κ1) is 22.4. The van der Waals surface area contributed by atoms with Gasteiger partial charge in [0.2, 0.25) is 10.0 Å². The van der Waals surface area contributed by atoms with Crippen molar-refractivity contribution in [1.29, 1.82) is 0 Å². The van der Waals surface area contributed by atoms with Crippen LogP contribution in [-0.4, -0.2) is 38.4 Å². The van der Waals surface area contributed by atoms with Gasteiger partial charge < -0.3 is 10.6 Å². The van der Waals surface area contributed by atoms with Crippen molar-refractivity contribution in [3.05, 3.63) is 65.7 Å². The van der Waals surface area contributed by atoms with E-state index in [2.05, 4.69) is 4.72 Å². The van der Waals surface area contributed by atoms with Crippen LogP contribution in [0.1, 0.15) is 41.7 Å². The number of hydrogen-bond acceptors (Lipinski definition) is 4. The van der Waals surface area contributed by atoms with E-state index in [-0.39, 0.29) is 35.3 Å². The molecule has 1 heterocycles. The van der Waals surface area contributed by atoms with E-state index in [0.717, 1.165) is 18.4 Å². The number of hydrogen-bond donors (Lipinski definition) is 2. The third kappa shape index (κ3) is 5.32. The van der Waals surface area contributed by atoms with Gasteiger partial charge >= 0.3 is 0 Å². The van der Waals surface area contributed by atoms with E-state index in [4.69, 9.17) is 5.73 Å². The second-order valence-electron chi connectivity index (χ2n) is 6.93. The molecule has 2 aromatic carbocycles. The Morgan fingerprint density at radius 3 is 2.57 bits per heavy atom. The zero-order valence-corrected chi connectivity index (χ0v) is 17.4. The summed E-state index contributed by atoms with van der Waals surface area (Å²) >= 11 is 0. The lowest BCUT2D eigenvalue weighted by Crippen LogP contribution is -2.45. The number of carbonyl (C=O) groups excluding carboxylic acids is 1. The van der Waals surface area contributed by atoms with Crippen LogP contribution in [-0.2, 0) is 10.0 Å². The maximum absolute atomic E-state index is 12.8. The summed E-state index contributed by atoms with van der Waals surface area (Å²) in [5.74, 6) is -0.182. The molecule has 6 nitrogen and oxygen atoms in total. The fourth-order valence-electron chi connectivity index (χ4n) is 3.28. The minimum Gasteiger partial charge on any atom is -0.337 e. The van der Waals surface area contributed by atoms with Crippen molar-refractivity contribution in [3.8, 4) is 0 Å². The highest BCUT2D eigenvalue weighted by Gasteiger charge is 2.24. The SMILES string of the molecule is CC(NS(=O)(=O)c1cccc(C(=O)N2CCCC(N)C2)c1)c1ccccc1.Cl. The Morgan fingerprint density at radius 2 is 1.89 bits per heavy atom. The van der Waals surface area contributed by atoms with E-state index in [0.29, 0.717) is 18.7 Å². The minimum atomic E-state index is -3.75. The predicted octanol–water partition coefficient (Wildman–Crippen LogP) is 2.71. The third-order valence-corrected chi connectivity index (χ3v) is 6.31. The van der Waals surface area contributed by atoms with E-state index in [1.807, 2.05) is 30.3 Å². The standard InChI is InChI=1S/C20H25N3O3S.ClH/c1-15(16-7-3-2-4-8-16)22-27(25,26)19-11-5-9-17(13-19)20(24)23-12-6-10-18(21)14-23;/h2-5,7-9,11,13,15,18,22H,6,10,12,14,21H2,1H3;1H. The number of sulfonamides is 1.